The van der Waals surface area contributed by atoms with Crippen molar-refractivity contribution in [2.24, 2.45) is 0 Å². The van der Waals surface area contributed by atoms with Crippen molar-refractivity contribution < 1.29 is 14.1 Å². The molecule has 2 aliphatic heterocycles. The van der Waals surface area contributed by atoms with Gasteiger partial charge < -0.3 is 19.6 Å². The number of fused-ring (bicyclic) bond motifs is 1. The van der Waals surface area contributed by atoms with Gasteiger partial charge >= 0.3 is 17.8 Å². The van der Waals surface area contributed by atoms with Crippen molar-refractivity contribution in [3.05, 3.63) is 29.8 Å². The molecule has 8 nitrogen and oxygen atoms in total. The SMILES string of the molecule is Cc1ccc(-c2noc(N3CCN4C(=O)C(=O)NCC4C3)n2)cc1. The van der Waals surface area contributed by atoms with Gasteiger partial charge in [0.05, 0.1) is 6.04 Å². The molecule has 0 bridgehead atoms. The highest BCUT2D eigenvalue weighted by atomic mass is 16.5. The molecule has 3 heterocycles. The third kappa shape index (κ3) is 2.49. The molecule has 1 aromatic carbocycles. The van der Waals surface area contributed by atoms with E-state index in [1.54, 1.807) is 4.90 Å². The van der Waals surface area contributed by atoms with E-state index >= 15 is 0 Å². The van der Waals surface area contributed by atoms with Crippen molar-refractivity contribution in [3.8, 4) is 11.4 Å². The predicted octanol–water partition coefficient (Wildman–Crippen LogP) is 0.192. The molecule has 1 atom stereocenters. The van der Waals surface area contributed by atoms with Crippen LogP contribution in [0, 0.1) is 6.92 Å². The maximum Gasteiger partial charge on any atom is 0.324 e. The quantitative estimate of drug-likeness (QED) is 0.792. The summed E-state index contributed by atoms with van der Waals surface area (Å²) in [7, 11) is 0. The topological polar surface area (TPSA) is 91.6 Å². The number of aryl methyl sites for hydroxylation is 1. The lowest BCUT2D eigenvalue weighted by Gasteiger charge is -2.42. The van der Waals surface area contributed by atoms with E-state index in [2.05, 4.69) is 15.5 Å². The van der Waals surface area contributed by atoms with Crippen LogP contribution >= 0.6 is 0 Å². The fourth-order valence-corrected chi connectivity index (χ4v) is 3.05. The minimum absolute atomic E-state index is 0.0707. The molecular formula is C16H17N5O3. The first kappa shape index (κ1) is 14.7. The lowest BCUT2D eigenvalue weighted by atomic mass is 10.1. The molecule has 24 heavy (non-hydrogen) atoms. The highest BCUT2D eigenvalue weighted by Gasteiger charge is 2.38. The second-order valence-corrected chi connectivity index (χ2v) is 6.07. The summed E-state index contributed by atoms with van der Waals surface area (Å²) in [5.41, 5.74) is 2.07. The van der Waals surface area contributed by atoms with Gasteiger partial charge in [-0.3, -0.25) is 9.59 Å². The first-order valence-electron chi connectivity index (χ1n) is 7.86. The third-order valence-electron chi connectivity index (χ3n) is 4.43. The number of anilines is 1. The van der Waals surface area contributed by atoms with Crippen LogP contribution in [-0.4, -0.2) is 59.1 Å². The van der Waals surface area contributed by atoms with Crippen LogP contribution < -0.4 is 10.2 Å². The van der Waals surface area contributed by atoms with Crippen LogP contribution in [-0.2, 0) is 9.59 Å². The lowest BCUT2D eigenvalue weighted by Crippen LogP contribution is -2.65. The van der Waals surface area contributed by atoms with Crippen molar-refractivity contribution in [2.45, 2.75) is 13.0 Å². The van der Waals surface area contributed by atoms with Gasteiger partial charge in [-0.25, -0.2) is 0 Å². The zero-order valence-electron chi connectivity index (χ0n) is 13.2. The van der Waals surface area contributed by atoms with E-state index < -0.39 is 11.8 Å². The van der Waals surface area contributed by atoms with Gasteiger partial charge in [0.1, 0.15) is 0 Å². The van der Waals surface area contributed by atoms with Gasteiger partial charge in [0.25, 0.3) is 0 Å². The molecular weight excluding hydrogens is 310 g/mol. The average molecular weight is 327 g/mol. The van der Waals surface area contributed by atoms with Gasteiger partial charge in [-0.2, -0.15) is 4.98 Å². The summed E-state index contributed by atoms with van der Waals surface area (Å²) < 4.78 is 5.39. The molecule has 2 aliphatic rings. The molecule has 2 aromatic rings. The first-order chi connectivity index (χ1) is 11.6. The molecule has 124 valence electrons. The molecule has 0 aliphatic carbocycles. The number of hydrogen-bond donors (Lipinski definition) is 1. The zero-order chi connectivity index (χ0) is 16.7. The molecule has 8 heteroatoms. The van der Waals surface area contributed by atoms with E-state index in [0.717, 1.165) is 5.56 Å². The molecule has 0 radical (unpaired) electrons. The van der Waals surface area contributed by atoms with Gasteiger partial charge in [-0.05, 0) is 6.92 Å². The Bertz CT molecular complexity index is 785. The Kier molecular flexibility index (Phi) is 3.44. The molecule has 4 rings (SSSR count). The zero-order valence-corrected chi connectivity index (χ0v) is 13.2. The summed E-state index contributed by atoms with van der Waals surface area (Å²) in [6, 6.07) is 8.28. The van der Waals surface area contributed by atoms with E-state index in [1.165, 1.54) is 5.56 Å². The Morgan fingerprint density at radius 3 is 2.79 bits per heavy atom. The van der Waals surface area contributed by atoms with Crippen LogP contribution in [0.4, 0.5) is 6.01 Å². The Balaban J connectivity index is 1.50. The van der Waals surface area contributed by atoms with Crippen LogP contribution in [0.15, 0.2) is 28.8 Å². The molecule has 1 unspecified atom stereocenters. The van der Waals surface area contributed by atoms with Crippen LogP contribution in [0.3, 0.4) is 0 Å². The summed E-state index contributed by atoms with van der Waals surface area (Å²) in [6.45, 7) is 4.06. The number of amides is 2. The monoisotopic (exact) mass is 327 g/mol. The second-order valence-electron chi connectivity index (χ2n) is 6.07. The fourth-order valence-electron chi connectivity index (χ4n) is 3.05. The summed E-state index contributed by atoms with van der Waals surface area (Å²) in [4.78, 5) is 31.3. The molecule has 0 saturated carbocycles. The predicted molar refractivity (Wildman–Crippen MR) is 85.2 cm³/mol. The summed E-state index contributed by atoms with van der Waals surface area (Å²) in [5, 5.41) is 6.66. The third-order valence-corrected chi connectivity index (χ3v) is 4.43. The van der Waals surface area contributed by atoms with Crippen LogP contribution in [0.1, 0.15) is 5.56 Å². The Hall–Kier alpha value is -2.90. The van der Waals surface area contributed by atoms with E-state index in [9.17, 15) is 9.59 Å². The minimum Gasteiger partial charge on any atom is -0.346 e. The number of aromatic nitrogens is 2. The number of nitrogens with zero attached hydrogens (tertiary/aromatic N) is 4. The minimum atomic E-state index is -0.529. The molecule has 1 aromatic heterocycles. The van der Waals surface area contributed by atoms with Crippen molar-refractivity contribution in [1.82, 2.24) is 20.4 Å². The first-order valence-corrected chi connectivity index (χ1v) is 7.86. The van der Waals surface area contributed by atoms with E-state index in [-0.39, 0.29) is 6.04 Å². The fraction of sp³-hybridized carbons (Fsp3) is 0.375. The maximum absolute atomic E-state index is 11.9. The number of piperazine rings is 2. The summed E-state index contributed by atoms with van der Waals surface area (Å²) in [5.74, 6) is -0.448. The maximum atomic E-state index is 11.9. The van der Waals surface area contributed by atoms with Gasteiger partial charge in [0.15, 0.2) is 0 Å². The van der Waals surface area contributed by atoms with Crippen molar-refractivity contribution >= 4 is 17.8 Å². The molecule has 2 saturated heterocycles. The Morgan fingerprint density at radius 1 is 1.21 bits per heavy atom. The van der Waals surface area contributed by atoms with Crippen molar-refractivity contribution in [2.75, 3.05) is 31.1 Å². The summed E-state index contributed by atoms with van der Waals surface area (Å²) in [6.07, 6.45) is 0. The van der Waals surface area contributed by atoms with E-state index in [4.69, 9.17) is 4.52 Å². The van der Waals surface area contributed by atoms with Crippen LogP contribution in [0.25, 0.3) is 11.4 Å². The Morgan fingerprint density at radius 2 is 2.00 bits per heavy atom. The van der Waals surface area contributed by atoms with E-state index in [0.29, 0.717) is 38.0 Å². The summed E-state index contributed by atoms with van der Waals surface area (Å²) >= 11 is 0. The van der Waals surface area contributed by atoms with Gasteiger partial charge in [0.2, 0.25) is 5.82 Å². The Labute approximate surface area is 138 Å². The standard InChI is InChI=1S/C16H17N5O3/c1-10-2-4-11(5-3-10)13-18-16(24-19-13)20-6-7-21-12(9-20)8-17-14(22)15(21)23/h2-5,12H,6-9H2,1H3,(H,17,22). The average Bonchev–Trinajstić information content (AvgIpc) is 3.09. The van der Waals surface area contributed by atoms with Gasteiger partial charge in [-0.15, -0.1) is 0 Å². The van der Waals surface area contributed by atoms with Crippen LogP contribution in [0.2, 0.25) is 0 Å². The second kappa shape index (κ2) is 5.63. The number of carbonyl (C=O) groups is 2. The largest absolute Gasteiger partial charge is 0.346 e. The van der Waals surface area contributed by atoms with Gasteiger partial charge in [-0.1, -0.05) is 35.0 Å². The molecule has 1 N–H and O–H groups in total. The number of rotatable bonds is 2. The normalized spacial score (nSPS) is 20.8. The number of carbonyl (C=O) groups excluding carboxylic acids is 2. The number of benzene rings is 1. The number of hydrogen-bond acceptors (Lipinski definition) is 6. The lowest BCUT2D eigenvalue weighted by molar-refractivity contribution is -0.150. The highest BCUT2D eigenvalue weighted by Crippen LogP contribution is 2.23. The molecule has 0 spiro atoms. The highest BCUT2D eigenvalue weighted by molar-refractivity contribution is 6.35. The number of nitrogens with one attached hydrogen (secondary N) is 1. The van der Waals surface area contributed by atoms with Crippen molar-refractivity contribution in [3.63, 3.8) is 0 Å². The molecule has 2 amide bonds. The smallest absolute Gasteiger partial charge is 0.324 e. The van der Waals surface area contributed by atoms with Gasteiger partial charge in [0, 0.05) is 31.7 Å². The molecule has 2 fully saturated rings. The van der Waals surface area contributed by atoms with Crippen LogP contribution in [0.5, 0.6) is 0 Å². The van der Waals surface area contributed by atoms with Crippen molar-refractivity contribution in [1.29, 1.82) is 0 Å². The van der Waals surface area contributed by atoms with E-state index in [1.807, 2.05) is 36.1 Å².